The van der Waals surface area contributed by atoms with Crippen LogP contribution in [0.2, 0.25) is 0 Å². The fourth-order valence-corrected chi connectivity index (χ4v) is 2.29. The average Bonchev–Trinajstić information content (AvgIpc) is 2.54. The van der Waals surface area contributed by atoms with E-state index in [2.05, 4.69) is 27.1 Å². The smallest absolute Gasteiger partial charge is 0.0558 e. The highest BCUT2D eigenvalue weighted by molar-refractivity contribution is 4.68. The molecule has 2 aliphatic rings. The number of nitrogens with zero attached hydrogens (tertiary/aromatic N) is 3. The van der Waals surface area contributed by atoms with Crippen LogP contribution in [0.3, 0.4) is 0 Å². The molecule has 0 bridgehead atoms. The maximum absolute atomic E-state index is 8.63. The van der Waals surface area contributed by atoms with E-state index in [-0.39, 0.29) is 7.43 Å². The minimum atomic E-state index is 0. The first-order valence-corrected chi connectivity index (χ1v) is 7.76. The van der Waals surface area contributed by atoms with Crippen LogP contribution >= 0.6 is 0 Å². The molecular formula is C15H38N4O3. The van der Waals surface area contributed by atoms with Gasteiger partial charge in [-0.25, -0.2) is 0 Å². The molecule has 2 rings (SSSR count). The van der Waals surface area contributed by atoms with Crippen molar-refractivity contribution in [1.82, 2.24) is 20.0 Å². The second kappa shape index (κ2) is 17.1. The number of rotatable bonds is 4. The number of likely N-dealkylation sites (N-methyl/N-ethyl adjacent to an activating group) is 1. The van der Waals surface area contributed by atoms with Crippen LogP contribution in [-0.2, 0) is 0 Å². The zero-order chi connectivity index (χ0) is 15.9. The molecule has 2 heterocycles. The third-order valence-corrected chi connectivity index (χ3v) is 3.64. The molecule has 7 heteroatoms. The van der Waals surface area contributed by atoms with Crippen LogP contribution in [0, 0.1) is 0 Å². The predicted octanol–water partition coefficient (Wildman–Crippen LogP) is -1.65. The zero-order valence-corrected chi connectivity index (χ0v) is 13.7. The van der Waals surface area contributed by atoms with Crippen molar-refractivity contribution in [3.8, 4) is 0 Å². The standard InChI is InChI=1S/C7H16N2O.C6H14N2O.CH4O.CH4/c1-8-2-4-9(5-3-8)6-7-10;9-6-5-8-3-1-7-2-4-8;1-2;/h10H,2-7H2,1H3;7,9H,1-6H2;2H,1H3;1H4. The van der Waals surface area contributed by atoms with Crippen LogP contribution in [0.15, 0.2) is 0 Å². The Hall–Kier alpha value is -0.280. The Morgan fingerprint density at radius 2 is 1.18 bits per heavy atom. The molecule has 2 fully saturated rings. The lowest BCUT2D eigenvalue weighted by Crippen LogP contribution is -2.45. The van der Waals surface area contributed by atoms with E-state index >= 15 is 0 Å². The summed E-state index contributed by atoms with van der Waals surface area (Å²) < 4.78 is 0. The molecule has 0 aromatic heterocycles. The van der Waals surface area contributed by atoms with E-state index in [1.165, 1.54) is 0 Å². The highest BCUT2D eigenvalue weighted by Crippen LogP contribution is 1.96. The minimum Gasteiger partial charge on any atom is -0.400 e. The van der Waals surface area contributed by atoms with Gasteiger partial charge >= 0.3 is 0 Å². The summed E-state index contributed by atoms with van der Waals surface area (Å²) in [5.74, 6) is 0. The van der Waals surface area contributed by atoms with Crippen LogP contribution in [0.25, 0.3) is 0 Å². The molecule has 0 radical (unpaired) electrons. The molecule has 0 aliphatic carbocycles. The number of nitrogens with one attached hydrogen (secondary N) is 1. The predicted molar refractivity (Wildman–Crippen MR) is 92.3 cm³/mol. The highest BCUT2D eigenvalue weighted by atomic mass is 16.3. The van der Waals surface area contributed by atoms with Gasteiger partial charge in [0.25, 0.3) is 0 Å². The van der Waals surface area contributed by atoms with Crippen LogP contribution in [0.5, 0.6) is 0 Å². The Balaban J connectivity index is 0. The molecule has 0 spiro atoms. The van der Waals surface area contributed by atoms with Crippen LogP contribution in [-0.4, -0.2) is 123 Å². The summed E-state index contributed by atoms with van der Waals surface area (Å²) in [6.07, 6.45) is 0. The number of aliphatic hydroxyl groups excluding tert-OH is 3. The van der Waals surface area contributed by atoms with Crippen molar-refractivity contribution in [2.75, 3.05) is 92.8 Å². The Morgan fingerprint density at radius 1 is 0.773 bits per heavy atom. The quantitative estimate of drug-likeness (QED) is 0.494. The Labute approximate surface area is 136 Å². The van der Waals surface area contributed by atoms with Gasteiger partial charge in [0.05, 0.1) is 13.2 Å². The van der Waals surface area contributed by atoms with Crippen LogP contribution < -0.4 is 5.32 Å². The van der Waals surface area contributed by atoms with Crippen molar-refractivity contribution in [1.29, 1.82) is 0 Å². The number of piperazine rings is 2. The molecule has 2 aliphatic heterocycles. The first-order valence-electron chi connectivity index (χ1n) is 7.76. The number of hydrogen-bond acceptors (Lipinski definition) is 7. The fraction of sp³-hybridized carbons (Fsp3) is 1.00. The first-order chi connectivity index (χ1) is 10.3. The highest BCUT2D eigenvalue weighted by Gasteiger charge is 2.11. The normalized spacial score (nSPS) is 20.0. The molecule has 0 amide bonds. The van der Waals surface area contributed by atoms with Gasteiger partial charge in [0, 0.05) is 72.6 Å². The van der Waals surface area contributed by atoms with Gasteiger partial charge in [0.15, 0.2) is 0 Å². The number of aliphatic hydroxyl groups is 3. The summed E-state index contributed by atoms with van der Waals surface area (Å²) in [7, 11) is 3.14. The van der Waals surface area contributed by atoms with Gasteiger partial charge in [0.2, 0.25) is 0 Å². The Morgan fingerprint density at radius 3 is 1.59 bits per heavy atom. The molecule has 7 nitrogen and oxygen atoms in total. The van der Waals surface area contributed by atoms with E-state index in [9.17, 15) is 0 Å². The number of hydrogen-bond donors (Lipinski definition) is 4. The van der Waals surface area contributed by atoms with Gasteiger partial charge in [0.1, 0.15) is 0 Å². The second-order valence-electron chi connectivity index (χ2n) is 5.18. The molecular weight excluding hydrogens is 284 g/mol. The Kier molecular flexibility index (Phi) is 18.6. The molecule has 136 valence electrons. The second-order valence-corrected chi connectivity index (χ2v) is 5.18. The average molecular weight is 322 g/mol. The summed E-state index contributed by atoms with van der Waals surface area (Å²) in [6, 6.07) is 0. The molecule has 0 unspecified atom stereocenters. The minimum absolute atomic E-state index is 0. The van der Waals surface area contributed by atoms with Gasteiger partial charge in [-0.15, -0.1) is 0 Å². The van der Waals surface area contributed by atoms with Gasteiger partial charge in [-0.2, -0.15) is 0 Å². The first kappa shape index (κ1) is 24.0. The van der Waals surface area contributed by atoms with E-state index in [0.717, 1.165) is 72.6 Å². The van der Waals surface area contributed by atoms with E-state index < -0.39 is 0 Å². The summed E-state index contributed by atoms with van der Waals surface area (Å²) in [5.41, 5.74) is 0. The van der Waals surface area contributed by atoms with Crippen molar-refractivity contribution in [2.24, 2.45) is 0 Å². The summed E-state index contributed by atoms with van der Waals surface area (Å²) in [4.78, 5) is 6.87. The van der Waals surface area contributed by atoms with Gasteiger partial charge in [-0.05, 0) is 7.05 Å². The van der Waals surface area contributed by atoms with Crippen molar-refractivity contribution >= 4 is 0 Å². The largest absolute Gasteiger partial charge is 0.400 e. The lowest BCUT2D eigenvalue weighted by Gasteiger charge is -2.31. The monoisotopic (exact) mass is 322 g/mol. The lowest BCUT2D eigenvalue weighted by molar-refractivity contribution is 0.128. The topological polar surface area (TPSA) is 82.4 Å². The number of β-amino-alcohol motifs (C(OH)–C–C–N with tert-alkyl or cyclic N) is 2. The molecule has 22 heavy (non-hydrogen) atoms. The molecule has 0 aromatic rings. The van der Waals surface area contributed by atoms with Crippen molar-refractivity contribution in [3.63, 3.8) is 0 Å². The summed E-state index contributed by atoms with van der Waals surface area (Å²) in [5, 5.41) is 27.4. The van der Waals surface area contributed by atoms with E-state index in [0.29, 0.717) is 13.2 Å². The zero-order valence-electron chi connectivity index (χ0n) is 13.7. The van der Waals surface area contributed by atoms with E-state index in [4.69, 9.17) is 15.3 Å². The molecule has 0 saturated carbocycles. The summed E-state index contributed by atoms with van der Waals surface area (Å²) in [6.45, 7) is 11.1. The van der Waals surface area contributed by atoms with Crippen molar-refractivity contribution < 1.29 is 15.3 Å². The molecule has 0 aromatic carbocycles. The maximum atomic E-state index is 8.63. The van der Waals surface area contributed by atoms with Crippen LogP contribution in [0.4, 0.5) is 0 Å². The van der Waals surface area contributed by atoms with Gasteiger partial charge < -0.3 is 25.5 Å². The fourth-order valence-electron chi connectivity index (χ4n) is 2.29. The maximum Gasteiger partial charge on any atom is 0.0558 e. The Bertz CT molecular complexity index is 206. The lowest BCUT2D eigenvalue weighted by atomic mass is 10.3. The van der Waals surface area contributed by atoms with Crippen molar-refractivity contribution in [2.45, 2.75) is 7.43 Å². The molecule has 4 N–H and O–H groups in total. The van der Waals surface area contributed by atoms with E-state index in [1.807, 2.05) is 0 Å². The van der Waals surface area contributed by atoms with Gasteiger partial charge in [-0.3, -0.25) is 9.80 Å². The summed E-state index contributed by atoms with van der Waals surface area (Å²) >= 11 is 0. The van der Waals surface area contributed by atoms with Crippen molar-refractivity contribution in [3.05, 3.63) is 0 Å². The SMILES string of the molecule is C.CN1CCN(CCO)CC1.CO.OCCN1CCNCC1. The third kappa shape index (κ3) is 12.3. The van der Waals surface area contributed by atoms with Gasteiger partial charge in [-0.1, -0.05) is 7.43 Å². The molecule has 2 saturated heterocycles. The van der Waals surface area contributed by atoms with E-state index in [1.54, 1.807) is 0 Å². The van der Waals surface area contributed by atoms with Crippen LogP contribution in [0.1, 0.15) is 7.43 Å². The third-order valence-electron chi connectivity index (χ3n) is 3.64. The molecule has 0 atom stereocenters.